The Morgan fingerprint density at radius 2 is 1.50 bits per heavy atom. The van der Waals surface area contributed by atoms with Crippen LogP contribution in [-0.2, 0) is 9.47 Å². The smallest absolute Gasteiger partial charge is 0.434 e. The molecule has 6 heteroatoms. The van der Waals surface area contributed by atoms with Gasteiger partial charge >= 0.3 is 12.3 Å². The molecule has 0 unspecified atom stereocenters. The number of rotatable bonds is 4. The lowest BCUT2D eigenvalue weighted by Gasteiger charge is -2.14. The van der Waals surface area contributed by atoms with Crippen molar-refractivity contribution in [3.8, 4) is 11.5 Å². The zero-order valence-corrected chi connectivity index (χ0v) is 14.2. The summed E-state index contributed by atoms with van der Waals surface area (Å²) in [6.07, 6.45) is -1.56. The van der Waals surface area contributed by atoms with Crippen LogP contribution in [0.2, 0.25) is 0 Å². The van der Waals surface area contributed by atoms with Crippen LogP contribution in [-0.4, -0.2) is 25.5 Å². The first-order valence-corrected chi connectivity index (χ1v) is 7.69. The summed E-state index contributed by atoms with van der Waals surface area (Å²) < 4.78 is 20.3. The van der Waals surface area contributed by atoms with Crippen LogP contribution in [0, 0.1) is 13.8 Å². The van der Waals surface area contributed by atoms with Gasteiger partial charge in [0.15, 0.2) is 0 Å². The molecule has 0 radical (unpaired) electrons. The minimum absolute atomic E-state index is 0.221. The minimum atomic E-state index is -0.779. The fraction of sp³-hybridized carbons (Fsp3) is 0.333. The summed E-state index contributed by atoms with van der Waals surface area (Å²) in [6.45, 7) is 7.51. The number of hydrogen-bond donors (Lipinski definition) is 0. The highest BCUT2D eigenvalue weighted by Gasteiger charge is 2.18. The van der Waals surface area contributed by atoms with E-state index in [4.69, 9.17) is 18.9 Å². The minimum Gasteiger partial charge on any atom is -0.434 e. The molecular formula is C18H20O6. The first-order valence-electron chi connectivity index (χ1n) is 7.69. The molecule has 0 aliphatic heterocycles. The predicted molar refractivity (Wildman–Crippen MR) is 88.7 cm³/mol. The Hall–Kier alpha value is -2.76. The third kappa shape index (κ3) is 3.95. The molecule has 0 heterocycles. The topological polar surface area (TPSA) is 71.1 Å². The maximum atomic E-state index is 11.7. The Morgan fingerprint density at radius 1 is 0.875 bits per heavy atom. The van der Waals surface area contributed by atoms with Gasteiger partial charge in [-0.15, -0.1) is 0 Å². The fourth-order valence-corrected chi connectivity index (χ4v) is 2.30. The first-order chi connectivity index (χ1) is 11.5. The summed E-state index contributed by atoms with van der Waals surface area (Å²) in [5.41, 5.74) is 1.61. The third-order valence-corrected chi connectivity index (χ3v) is 3.29. The Kier molecular flexibility index (Phi) is 5.63. The SMILES string of the molecule is CCOC(=O)Oc1cc(C)c(OC(=O)OCC)c2ccc(C)cc12. The van der Waals surface area contributed by atoms with E-state index in [1.165, 1.54) is 0 Å². The molecule has 2 rings (SSSR count). The number of benzene rings is 2. The van der Waals surface area contributed by atoms with Gasteiger partial charge in [0.05, 0.1) is 13.2 Å². The van der Waals surface area contributed by atoms with Gasteiger partial charge in [-0.1, -0.05) is 17.7 Å². The van der Waals surface area contributed by atoms with Gasteiger partial charge < -0.3 is 18.9 Å². The fourth-order valence-electron chi connectivity index (χ4n) is 2.30. The van der Waals surface area contributed by atoms with Crippen molar-refractivity contribution in [2.75, 3.05) is 13.2 Å². The van der Waals surface area contributed by atoms with Crippen LogP contribution < -0.4 is 9.47 Å². The summed E-state index contributed by atoms with van der Waals surface area (Å²) in [7, 11) is 0. The maximum Gasteiger partial charge on any atom is 0.513 e. The molecule has 0 aliphatic rings. The number of fused-ring (bicyclic) bond motifs is 1. The molecule has 6 nitrogen and oxygen atoms in total. The monoisotopic (exact) mass is 332 g/mol. The standard InChI is InChI=1S/C18H20O6/c1-5-21-17(19)23-15-10-12(4)16(24-18(20)22-6-2)13-8-7-11(3)9-14(13)15/h7-10H,5-6H2,1-4H3. The van der Waals surface area contributed by atoms with E-state index in [0.717, 1.165) is 5.56 Å². The lowest BCUT2D eigenvalue weighted by Crippen LogP contribution is -2.13. The van der Waals surface area contributed by atoms with Gasteiger partial charge in [-0.05, 0) is 45.4 Å². The van der Waals surface area contributed by atoms with E-state index in [1.54, 1.807) is 26.8 Å². The van der Waals surface area contributed by atoms with Crippen LogP contribution in [0.25, 0.3) is 10.8 Å². The van der Waals surface area contributed by atoms with Crippen molar-refractivity contribution in [1.29, 1.82) is 0 Å². The van der Waals surface area contributed by atoms with E-state index in [2.05, 4.69) is 0 Å². The van der Waals surface area contributed by atoms with E-state index in [-0.39, 0.29) is 13.2 Å². The molecule has 0 atom stereocenters. The highest BCUT2D eigenvalue weighted by Crippen LogP contribution is 2.37. The maximum absolute atomic E-state index is 11.7. The van der Waals surface area contributed by atoms with Gasteiger partial charge in [-0.3, -0.25) is 0 Å². The van der Waals surface area contributed by atoms with E-state index in [9.17, 15) is 9.59 Å². The van der Waals surface area contributed by atoms with E-state index in [1.807, 2.05) is 25.1 Å². The van der Waals surface area contributed by atoms with Gasteiger partial charge in [0.2, 0.25) is 0 Å². The number of hydrogen-bond acceptors (Lipinski definition) is 6. The predicted octanol–water partition coefficient (Wildman–Crippen LogP) is 4.53. The summed E-state index contributed by atoms with van der Waals surface area (Å²) in [6, 6.07) is 7.17. The van der Waals surface area contributed by atoms with Crippen molar-refractivity contribution in [3.05, 3.63) is 35.4 Å². The lowest BCUT2D eigenvalue weighted by molar-refractivity contribution is 0.102. The molecular weight excluding hydrogens is 312 g/mol. The zero-order chi connectivity index (χ0) is 17.7. The van der Waals surface area contributed by atoms with Crippen LogP contribution in [0.15, 0.2) is 24.3 Å². The van der Waals surface area contributed by atoms with Crippen molar-refractivity contribution < 1.29 is 28.5 Å². The molecule has 2 aromatic carbocycles. The van der Waals surface area contributed by atoms with E-state index in [0.29, 0.717) is 27.8 Å². The quantitative estimate of drug-likeness (QED) is 0.605. The van der Waals surface area contributed by atoms with Crippen molar-refractivity contribution in [2.45, 2.75) is 27.7 Å². The molecule has 2 aromatic rings. The summed E-state index contributed by atoms with van der Waals surface area (Å²) in [5.74, 6) is 0.723. The van der Waals surface area contributed by atoms with Crippen molar-refractivity contribution in [3.63, 3.8) is 0 Å². The first kappa shape index (κ1) is 17.6. The highest BCUT2D eigenvalue weighted by atomic mass is 16.7. The largest absolute Gasteiger partial charge is 0.513 e. The second-order valence-electron chi connectivity index (χ2n) is 5.14. The van der Waals surface area contributed by atoms with Crippen LogP contribution in [0.4, 0.5) is 9.59 Å². The molecule has 0 aromatic heterocycles. The second-order valence-corrected chi connectivity index (χ2v) is 5.14. The van der Waals surface area contributed by atoms with Gasteiger partial charge in [0, 0.05) is 10.8 Å². The molecule has 0 bridgehead atoms. The average Bonchev–Trinajstić information content (AvgIpc) is 2.51. The van der Waals surface area contributed by atoms with Gasteiger partial charge in [-0.2, -0.15) is 0 Å². The van der Waals surface area contributed by atoms with Crippen LogP contribution in [0.1, 0.15) is 25.0 Å². The van der Waals surface area contributed by atoms with Crippen LogP contribution in [0.3, 0.4) is 0 Å². The lowest BCUT2D eigenvalue weighted by atomic mass is 10.0. The molecule has 0 N–H and O–H groups in total. The summed E-state index contributed by atoms with van der Waals surface area (Å²) >= 11 is 0. The van der Waals surface area contributed by atoms with E-state index >= 15 is 0 Å². The molecule has 0 fully saturated rings. The van der Waals surface area contributed by atoms with E-state index < -0.39 is 12.3 Å². The van der Waals surface area contributed by atoms with Crippen molar-refractivity contribution in [1.82, 2.24) is 0 Å². The normalized spacial score (nSPS) is 10.3. The zero-order valence-electron chi connectivity index (χ0n) is 14.2. The Bertz CT molecular complexity index is 766. The van der Waals surface area contributed by atoms with Gasteiger partial charge in [0.1, 0.15) is 11.5 Å². The number of carbonyl (C=O) groups excluding carboxylic acids is 2. The number of carbonyl (C=O) groups is 2. The molecule has 0 saturated carbocycles. The molecule has 128 valence electrons. The molecule has 0 spiro atoms. The van der Waals surface area contributed by atoms with Crippen LogP contribution >= 0.6 is 0 Å². The molecule has 0 amide bonds. The molecule has 24 heavy (non-hydrogen) atoms. The highest BCUT2D eigenvalue weighted by molar-refractivity contribution is 5.97. The van der Waals surface area contributed by atoms with Crippen LogP contribution in [0.5, 0.6) is 11.5 Å². The molecule has 0 aliphatic carbocycles. The number of aryl methyl sites for hydroxylation is 2. The average molecular weight is 332 g/mol. The van der Waals surface area contributed by atoms with Gasteiger partial charge in [-0.25, -0.2) is 9.59 Å². The second kappa shape index (κ2) is 7.68. The summed E-state index contributed by atoms with van der Waals surface area (Å²) in [4.78, 5) is 23.3. The van der Waals surface area contributed by atoms with Crippen molar-refractivity contribution >= 4 is 23.1 Å². The number of ether oxygens (including phenoxy) is 4. The Labute approximate surface area is 140 Å². The van der Waals surface area contributed by atoms with Crippen molar-refractivity contribution in [2.24, 2.45) is 0 Å². The third-order valence-electron chi connectivity index (χ3n) is 3.29. The Balaban J connectivity index is 2.52. The Morgan fingerprint density at radius 3 is 2.12 bits per heavy atom. The van der Waals surface area contributed by atoms with Gasteiger partial charge in [0.25, 0.3) is 0 Å². The summed E-state index contributed by atoms with van der Waals surface area (Å²) in [5, 5.41) is 1.29. The molecule has 0 saturated heterocycles.